The van der Waals surface area contributed by atoms with Gasteiger partial charge in [-0.3, -0.25) is 4.79 Å². The fraction of sp³-hybridized carbons (Fsp3) is 0.500. The van der Waals surface area contributed by atoms with Crippen LogP contribution in [-0.4, -0.2) is 29.9 Å². The fourth-order valence-electron chi connectivity index (χ4n) is 1.58. The van der Waals surface area contributed by atoms with E-state index in [1.165, 1.54) is 17.0 Å². The topological polar surface area (TPSA) is 46.3 Å². The first kappa shape index (κ1) is 16.5. The van der Waals surface area contributed by atoms with Crippen LogP contribution in [0.3, 0.4) is 0 Å². The highest BCUT2D eigenvalue weighted by Gasteiger charge is 2.30. The van der Waals surface area contributed by atoms with Crippen molar-refractivity contribution in [2.75, 3.05) is 13.6 Å². The second-order valence-corrected chi connectivity index (χ2v) is 5.34. The summed E-state index contributed by atoms with van der Waals surface area (Å²) in [6, 6.07) is 4.61. The minimum Gasteiger partial charge on any atom is -0.339 e. The van der Waals surface area contributed by atoms with Gasteiger partial charge in [0.1, 0.15) is 0 Å². The molecule has 1 amide bonds. The zero-order valence-electron chi connectivity index (χ0n) is 11.8. The van der Waals surface area contributed by atoms with Crippen LogP contribution >= 0.6 is 0 Å². The average molecular weight is 288 g/mol. The molecule has 0 aliphatic rings. The number of benzene rings is 1. The summed E-state index contributed by atoms with van der Waals surface area (Å²) in [5, 5.41) is 0. The van der Waals surface area contributed by atoms with E-state index in [2.05, 4.69) is 0 Å². The van der Waals surface area contributed by atoms with Crippen molar-refractivity contribution in [1.29, 1.82) is 0 Å². The van der Waals surface area contributed by atoms with Gasteiger partial charge in [0.15, 0.2) is 0 Å². The van der Waals surface area contributed by atoms with Crippen molar-refractivity contribution in [3.05, 3.63) is 35.4 Å². The molecule has 0 radical (unpaired) electrons. The zero-order chi connectivity index (χ0) is 15.6. The number of halogens is 3. The molecule has 2 N–H and O–H groups in total. The van der Waals surface area contributed by atoms with Crippen molar-refractivity contribution >= 4 is 5.91 Å². The molecule has 0 saturated heterocycles. The Morgan fingerprint density at radius 1 is 1.20 bits per heavy atom. The minimum atomic E-state index is -4.36. The number of carbonyl (C=O) groups is 1. The van der Waals surface area contributed by atoms with Crippen LogP contribution in [0.15, 0.2) is 24.3 Å². The van der Waals surface area contributed by atoms with Gasteiger partial charge >= 0.3 is 6.18 Å². The second-order valence-electron chi connectivity index (χ2n) is 5.34. The second kappa shape index (κ2) is 5.83. The van der Waals surface area contributed by atoms with E-state index < -0.39 is 17.3 Å². The molecule has 112 valence electrons. The molecule has 0 spiro atoms. The van der Waals surface area contributed by atoms with Crippen molar-refractivity contribution in [3.8, 4) is 0 Å². The highest BCUT2D eigenvalue weighted by Crippen LogP contribution is 2.29. The quantitative estimate of drug-likeness (QED) is 0.925. The molecule has 0 aromatic heterocycles. The Morgan fingerprint density at radius 3 is 2.10 bits per heavy atom. The van der Waals surface area contributed by atoms with Gasteiger partial charge in [-0.15, -0.1) is 0 Å². The SMILES string of the molecule is CN(C(=O)Cc1ccc(C(F)(F)F)cc1)C(C)(C)CN. The molecular weight excluding hydrogens is 269 g/mol. The third-order valence-electron chi connectivity index (χ3n) is 3.42. The van der Waals surface area contributed by atoms with Crippen LogP contribution in [0.2, 0.25) is 0 Å². The molecule has 1 aromatic carbocycles. The maximum absolute atomic E-state index is 12.4. The Hall–Kier alpha value is -1.56. The maximum Gasteiger partial charge on any atom is 0.416 e. The van der Waals surface area contributed by atoms with Crippen LogP contribution in [0.5, 0.6) is 0 Å². The first-order chi connectivity index (χ1) is 9.08. The van der Waals surface area contributed by atoms with Gasteiger partial charge < -0.3 is 10.6 Å². The van der Waals surface area contributed by atoms with Crippen LogP contribution in [0, 0.1) is 0 Å². The lowest BCUT2D eigenvalue weighted by Gasteiger charge is -2.34. The summed E-state index contributed by atoms with van der Waals surface area (Å²) in [5.74, 6) is -0.180. The van der Waals surface area contributed by atoms with E-state index in [-0.39, 0.29) is 12.3 Å². The predicted molar refractivity (Wildman–Crippen MR) is 71.1 cm³/mol. The fourth-order valence-corrected chi connectivity index (χ4v) is 1.58. The third kappa shape index (κ3) is 3.96. The molecule has 20 heavy (non-hydrogen) atoms. The summed E-state index contributed by atoms with van der Waals surface area (Å²) in [6.07, 6.45) is -4.31. The molecule has 0 aliphatic heterocycles. The van der Waals surface area contributed by atoms with E-state index in [1.807, 2.05) is 13.8 Å². The molecule has 6 heteroatoms. The van der Waals surface area contributed by atoms with Gasteiger partial charge in [0, 0.05) is 19.1 Å². The lowest BCUT2D eigenvalue weighted by atomic mass is 10.0. The predicted octanol–water partition coefficient (Wildman–Crippen LogP) is 2.44. The maximum atomic E-state index is 12.4. The third-order valence-corrected chi connectivity index (χ3v) is 3.42. The highest BCUT2D eigenvalue weighted by molar-refractivity contribution is 5.79. The monoisotopic (exact) mass is 288 g/mol. The lowest BCUT2D eigenvalue weighted by Crippen LogP contribution is -2.50. The van der Waals surface area contributed by atoms with Crippen LogP contribution in [0.25, 0.3) is 0 Å². The number of alkyl halides is 3. The number of amides is 1. The summed E-state index contributed by atoms with van der Waals surface area (Å²) < 4.78 is 37.3. The molecule has 1 aromatic rings. The molecule has 0 atom stereocenters. The molecule has 0 unspecified atom stereocenters. The summed E-state index contributed by atoms with van der Waals surface area (Å²) in [6.45, 7) is 3.97. The lowest BCUT2D eigenvalue weighted by molar-refractivity contribution is -0.137. The van der Waals surface area contributed by atoms with Gasteiger partial charge in [-0.25, -0.2) is 0 Å². The number of nitrogens with two attached hydrogens (primary N) is 1. The molecular formula is C14H19F3N2O. The van der Waals surface area contributed by atoms with Gasteiger partial charge in [0.05, 0.1) is 12.0 Å². The van der Waals surface area contributed by atoms with E-state index in [4.69, 9.17) is 5.73 Å². The normalized spacial score (nSPS) is 12.3. The largest absolute Gasteiger partial charge is 0.416 e. The van der Waals surface area contributed by atoms with Crippen LogP contribution in [0.4, 0.5) is 13.2 Å². The molecule has 0 heterocycles. The van der Waals surface area contributed by atoms with Gasteiger partial charge in [0.25, 0.3) is 0 Å². The number of rotatable bonds is 4. The number of hydrogen-bond donors (Lipinski definition) is 1. The standard InChI is InChI=1S/C14H19F3N2O/c1-13(2,9-18)19(3)12(20)8-10-4-6-11(7-5-10)14(15,16)17/h4-7H,8-9,18H2,1-3H3. The van der Waals surface area contributed by atoms with E-state index >= 15 is 0 Å². The van der Waals surface area contributed by atoms with Crippen molar-refractivity contribution in [1.82, 2.24) is 4.90 Å². The molecule has 0 aliphatic carbocycles. The Kier molecular flexibility index (Phi) is 4.81. The minimum absolute atomic E-state index is 0.0536. The Labute approximate surface area is 116 Å². The average Bonchev–Trinajstić information content (AvgIpc) is 2.37. The molecule has 0 saturated carbocycles. The van der Waals surface area contributed by atoms with Gasteiger partial charge in [-0.1, -0.05) is 12.1 Å². The van der Waals surface area contributed by atoms with Crippen molar-refractivity contribution in [3.63, 3.8) is 0 Å². The van der Waals surface area contributed by atoms with E-state index in [1.54, 1.807) is 7.05 Å². The molecule has 0 bridgehead atoms. The van der Waals surface area contributed by atoms with Crippen LogP contribution in [-0.2, 0) is 17.4 Å². The van der Waals surface area contributed by atoms with Gasteiger partial charge in [0.2, 0.25) is 5.91 Å². The summed E-state index contributed by atoms with van der Waals surface area (Å²) >= 11 is 0. The van der Waals surface area contributed by atoms with Crippen molar-refractivity contribution in [2.24, 2.45) is 5.73 Å². The Morgan fingerprint density at radius 2 is 1.70 bits per heavy atom. The molecule has 3 nitrogen and oxygen atoms in total. The first-order valence-electron chi connectivity index (χ1n) is 6.21. The molecule has 0 fully saturated rings. The van der Waals surface area contributed by atoms with Crippen LogP contribution < -0.4 is 5.73 Å². The zero-order valence-corrected chi connectivity index (χ0v) is 11.8. The van der Waals surface area contributed by atoms with E-state index in [0.29, 0.717) is 12.1 Å². The number of carbonyl (C=O) groups excluding carboxylic acids is 1. The summed E-state index contributed by atoms with van der Waals surface area (Å²) in [4.78, 5) is 13.6. The summed E-state index contributed by atoms with van der Waals surface area (Å²) in [7, 11) is 1.64. The van der Waals surface area contributed by atoms with Crippen molar-refractivity contribution in [2.45, 2.75) is 32.0 Å². The highest BCUT2D eigenvalue weighted by atomic mass is 19.4. The smallest absolute Gasteiger partial charge is 0.339 e. The van der Waals surface area contributed by atoms with Gasteiger partial charge in [-0.05, 0) is 31.5 Å². The number of likely N-dealkylation sites (N-methyl/N-ethyl adjacent to an activating group) is 1. The van der Waals surface area contributed by atoms with E-state index in [0.717, 1.165) is 12.1 Å². The van der Waals surface area contributed by atoms with E-state index in [9.17, 15) is 18.0 Å². The van der Waals surface area contributed by atoms with Crippen LogP contribution in [0.1, 0.15) is 25.0 Å². The number of hydrogen-bond acceptors (Lipinski definition) is 2. The van der Waals surface area contributed by atoms with Crippen molar-refractivity contribution < 1.29 is 18.0 Å². The van der Waals surface area contributed by atoms with Gasteiger partial charge in [-0.2, -0.15) is 13.2 Å². The Balaban J connectivity index is 2.77. The first-order valence-corrected chi connectivity index (χ1v) is 6.21. The molecule has 1 rings (SSSR count). The Bertz CT molecular complexity index is 466. The summed E-state index contributed by atoms with van der Waals surface area (Å²) in [5.41, 5.74) is 4.93. The number of nitrogens with zero attached hydrogens (tertiary/aromatic N) is 1.